The molecule has 0 aliphatic heterocycles. The molecule has 2 aromatic carbocycles. The van der Waals surface area contributed by atoms with Gasteiger partial charge >= 0.3 is 0 Å². The maximum Gasteiger partial charge on any atom is 0.257 e. The topological polar surface area (TPSA) is 72.7 Å². The molecular formula is C15H11Cl2N5O. The summed E-state index contributed by atoms with van der Waals surface area (Å²) in [5, 5.41) is 14.9. The SMILES string of the molecule is Cn1nnnc1-c1cccc(NC(=O)c2cc(Cl)ccc2Cl)c1. The first-order valence-corrected chi connectivity index (χ1v) is 7.39. The third kappa shape index (κ3) is 3.33. The molecule has 116 valence electrons. The molecule has 0 atom stereocenters. The minimum absolute atomic E-state index is 0.310. The van der Waals surface area contributed by atoms with Crippen LogP contribution >= 0.6 is 23.2 Å². The second-order valence-electron chi connectivity index (χ2n) is 4.79. The fourth-order valence-electron chi connectivity index (χ4n) is 2.08. The van der Waals surface area contributed by atoms with Gasteiger partial charge in [-0.2, -0.15) is 0 Å². The number of tetrazole rings is 1. The highest BCUT2D eigenvalue weighted by atomic mass is 35.5. The Kier molecular flexibility index (Phi) is 4.27. The number of rotatable bonds is 3. The summed E-state index contributed by atoms with van der Waals surface area (Å²) < 4.78 is 1.55. The first-order valence-electron chi connectivity index (χ1n) is 6.64. The zero-order valence-electron chi connectivity index (χ0n) is 12.0. The second kappa shape index (κ2) is 6.36. The van der Waals surface area contributed by atoms with Crippen molar-refractivity contribution in [2.24, 2.45) is 7.05 Å². The van der Waals surface area contributed by atoms with Crippen LogP contribution in [-0.2, 0) is 7.05 Å². The Labute approximate surface area is 142 Å². The first-order chi connectivity index (χ1) is 11.0. The van der Waals surface area contributed by atoms with E-state index in [4.69, 9.17) is 23.2 Å². The van der Waals surface area contributed by atoms with E-state index in [0.717, 1.165) is 5.56 Å². The minimum Gasteiger partial charge on any atom is -0.322 e. The molecule has 0 unspecified atom stereocenters. The fourth-order valence-corrected chi connectivity index (χ4v) is 2.46. The molecule has 0 aliphatic rings. The number of benzene rings is 2. The summed E-state index contributed by atoms with van der Waals surface area (Å²) in [6.45, 7) is 0. The van der Waals surface area contributed by atoms with E-state index in [0.29, 0.717) is 27.1 Å². The zero-order valence-corrected chi connectivity index (χ0v) is 13.5. The molecule has 1 N–H and O–H groups in total. The molecule has 0 saturated carbocycles. The van der Waals surface area contributed by atoms with Crippen LogP contribution < -0.4 is 5.32 Å². The van der Waals surface area contributed by atoms with E-state index in [-0.39, 0.29) is 5.91 Å². The van der Waals surface area contributed by atoms with Gasteiger partial charge in [0.15, 0.2) is 5.82 Å². The van der Waals surface area contributed by atoms with Crippen LogP contribution in [0.4, 0.5) is 5.69 Å². The second-order valence-corrected chi connectivity index (χ2v) is 5.63. The Balaban J connectivity index is 1.87. The molecule has 0 radical (unpaired) electrons. The fraction of sp³-hybridized carbons (Fsp3) is 0.0667. The number of amides is 1. The van der Waals surface area contributed by atoms with Gasteiger partial charge in [0, 0.05) is 23.3 Å². The van der Waals surface area contributed by atoms with E-state index in [9.17, 15) is 4.79 Å². The van der Waals surface area contributed by atoms with Crippen LogP contribution in [0.15, 0.2) is 42.5 Å². The van der Waals surface area contributed by atoms with Gasteiger partial charge in [0.2, 0.25) is 0 Å². The Morgan fingerprint density at radius 1 is 1.17 bits per heavy atom. The number of aromatic nitrogens is 4. The molecule has 6 nitrogen and oxygen atoms in total. The van der Waals surface area contributed by atoms with E-state index in [2.05, 4.69) is 20.8 Å². The van der Waals surface area contributed by atoms with Crippen LogP contribution in [0.1, 0.15) is 10.4 Å². The van der Waals surface area contributed by atoms with Crippen molar-refractivity contribution in [3.8, 4) is 11.4 Å². The molecule has 1 aromatic heterocycles. The summed E-state index contributed by atoms with van der Waals surface area (Å²) in [6, 6.07) is 11.9. The lowest BCUT2D eigenvalue weighted by Gasteiger charge is -2.08. The smallest absolute Gasteiger partial charge is 0.257 e. The standard InChI is InChI=1S/C15H11Cl2N5O/c1-22-14(19-20-21-22)9-3-2-4-11(7-9)18-15(23)12-8-10(16)5-6-13(12)17/h2-8H,1H3,(H,18,23). The van der Waals surface area contributed by atoms with Gasteiger partial charge in [-0.05, 0) is 40.8 Å². The Bertz CT molecular complexity index is 878. The average Bonchev–Trinajstić information content (AvgIpc) is 2.96. The zero-order chi connectivity index (χ0) is 16.4. The number of anilines is 1. The Hall–Kier alpha value is -2.44. The predicted molar refractivity (Wildman–Crippen MR) is 88.6 cm³/mol. The highest BCUT2D eigenvalue weighted by molar-refractivity contribution is 6.36. The molecule has 3 rings (SSSR count). The van der Waals surface area contributed by atoms with Gasteiger partial charge < -0.3 is 5.32 Å². The first kappa shape index (κ1) is 15.5. The molecule has 0 fully saturated rings. The number of nitrogens with one attached hydrogen (secondary N) is 1. The van der Waals surface area contributed by atoms with Crippen LogP contribution in [0.5, 0.6) is 0 Å². The van der Waals surface area contributed by atoms with E-state index in [1.807, 2.05) is 6.07 Å². The van der Waals surface area contributed by atoms with Crippen molar-refractivity contribution in [2.45, 2.75) is 0 Å². The Morgan fingerprint density at radius 3 is 2.74 bits per heavy atom. The van der Waals surface area contributed by atoms with E-state index >= 15 is 0 Å². The minimum atomic E-state index is -0.342. The monoisotopic (exact) mass is 347 g/mol. The molecule has 8 heteroatoms. The van der Waals surface area contributed by atoms with E-state index in [1.54, 1.807) is 42.1 Å². The number of nitrogens with zero attached hydrogens (tertiary/aromatic N) is 4. The van der Waals surface area contributed by atoms with Crippen LogP contribution in [-0.4, -0.2) is 26.1 Å². The maximum atomic E-state index is 12.4. The number of carbonyl (C=O) groups excluding carboxylic acids is 1. The van der Waals surface area contributed by atoms with Gasteiger partial charge in [0.25, 0.3) is 5.91 Å². The third-order valence-corrected chi connectivity index (χ3v) is 3.74. The van der Waals surface area contributed by atoms with Gasteiger partial charge in [-0.15, -0.1) is 5.10 Å². The van der Waals surface area contributed by atoms with Crippen molar-refractivity contribution in [1.29, 1.82) is 0 Å². The molecule has 0 spiro atoms. The molecule has 23 heavy (non-hydrogen) atoms. The van der Waals surface area contributed by atoms with Crippen molar-refractivity contribution in [3.05, 3.63) is 58.1 Å². The van der Waals surface area contributed by atoms with E-state index in [1.165, 1.54) is 6.07 Å². The predicted octanol–water partition coefficient (Wildman–Crippen LogP) is 3.44. The van der Waals surface area contributed by atoms with Crippen molar-refractivity contribution in [2.75, 3.05) is 5.32 Å². The molecule has 1 heterocycles. The van der Waals surface area contributed by atoms with Crippen LogP contribution in [0.2, 0.25) is 10.0 Å². The summed E-state index contributed by atoms with van der Waals surface area (Å²) in [5.41, 5.74) is 1.70. The summed E-state index contributed by atoms with van der Waals surface area (Å²) in [6.07, 6.45) is 0. The lowest BCUT2D eigenvalue weighted by atomic mass is 10.1. The normalized spacial score (nSPS) is 10.6. The van der Waals surface area contributed by atoms with Gasteiger partial charge in [-0.1, -0.05) is 35.3 Å². The molecule has 3 aromatic rings. The summed E-state index contributed by atoms with van der Waals surface area (Å²) in [4.78, 5) is 12.4. The lowest BCUT2D eigenvalue weighted by Crippen LogP contribution is -2.12. The quantitative estimate of drug-likeness (QED) is 0.787. The molecular weight excluding hydrogens is 337 g/mol. The van der Waals surface area contributed by atoms with Crippen molar-refractivity contribution in [1.82, 2.24) is 20.2 Å². The van der Waals surface area contributed by atoms with Crippen molar-refractivity contribution < 1.29 is 4.79 Å². The third-order valence-electron chi connectivity index (χ3n) is 3.17. The molecule has 0 aliphatic carbocycles. The largest absolute Gasteiger partial charge is 0.322 e. The van der Waals surface area contributed by atoms with Crippen LogP contribution in [0.3, 0.4) is 0 Å². The number of aryl methyl sites for hydroxylation is 1. The molecule has 0 saturated heterocycles. The lowest BCUT2D eigenvalue weighted by molar-refractivity contribution is 0.102. The van der Waals surface area contributed by atoms with Crippen molar-refractivity contribution in [3.63, 3.8) is 0 Å². The highest BCUT2D eigenvalue weighted by Gasteiger charge is 2.12. The summed E-state index contributed by atoms with van der Waals surface area (Å²) >= 11 is 12.0. The summed E-state index contributed by atoms with van der Waals surface area (Å²) in [7, 11) is 1.74. The van der Waals surface area contributed by atoms with Crippen LogP contribution in [0, 0.1) is 0 Å². The summed E-state index contributed by atoms with van der Waals surface area (Å²) in [5.74, 6) is 0.257. The number of hydrogen-bond acceptors (Lipinski definition) is 4. The molecule has 1 amide bonds. The molecule has 0 bridgehead atoms. The van der Waals surface area contributed by atoms with Gasteiger partial charge in [-0.25, -0.2) is 4.68 Å². The Morgan fingerprint density at radius 2 is 2.00 bits per heavy atom. The van der Waals surface area contributed by atoms with Gasteiger partial charge in [-0.3, -0.25) is 4.79 Å². The number of hydrogen-bond donors (Lipinski definition) is 1. The van der Waals surface area contributed by atoms with Gasteiger partial charge in [0.05, 0.1) is 10.6 Å². The highest BCUT2D eigenvalue weighted by Crippen LogP contribution is 2.23. The van der Waals surface area contributed by atoms with Crippen molar-refractivity contribution >= 4 is 34.8 Å². The van der Waals surface area contributed by atoms with E-state index < -0.39 is 0 Å². The number of halogens is 2. The maximum absolute atomic E-state index is 12.4. The van der Waals surface area contributed by atoms with Crippen LogP contribution in [0.25, 0.3) is 11.4 Å². The number of carbonyl (C=O) groups is 1. The van der Waals surface area contributed by atoms with Gasteiger partial charge in [0.1, 0.15) is 0 Å². The average molecular weight is 348 g/mol.